The van der Waals surface area contributed by atoms with Crippen LogP contribution in [0.3, 0.4) is 0 Å². The van der Waals surface area contributed by atoms with Crippen LogP contribution < -0.4 is 5.32 Å². The van der Waals surface area contributed by atoms with Crippen molar-refractivity contribution >= 4 is 11.6 Å². The predicted molar refractivity (Wildman–Crippen MR) is 95.6 cm³/mol. The summed E-state index contributed by atoms with van der Waals surface area (Å²) in [4.78, 5) is 12.3. The lowest BCUT2D eigenvalue weighted by Gasteiger charge is -2.06. The monoisotopic (exact) mass is 337 g/mol. The van der Waals surface area contributed by atoms with Crippen LogP contribution in [0.2, 0.25) is 0 Å². The van der Waals surface area contributed by atoms with Gasteiger partial charge in [0.15, 0.2) is 0 Å². The minimum atomic E-state index is -0.214. The zero-order valence-electron chi connectivity index (χ0n) is 13.8. The average Bonchev–Trinajstić information content (AvgIpc) is 3.10. The summed E-state index contributed by atoms with van der Waals surface area (Å²) in [5.41, 5.74) is 3.06. The van der Waals surface area contributed by atoms with Crippen LogP contribution in [0.25, 0.3) is 11.1 Å². The van der Waals surface area contributed by atoms with Crippen LogP contribution in [0.1, 0.15) is 10.4 Å². The molecule has 0 aliphatic rings. The molecule has 0 fully saturated rings. The van der Waals surface area contributed by atoms with E-state index in [0.29, 0.717) is 24.4 Å². The van der Waals surface area contributed by atoms with Crippen molar-refractivity contribution in [3.63, 3.8) is 0 Å². The molecule has 0 aliphatic carbocycles. The molecule has 0 aliphatic heterocycles. The van der Waals surface area contributed by atoms with Crippen LogP contribution in [-0.2, 0) is 11.3 Å². The highest BCUT2D eigenvalue weighted by Crippen LogP contribution is 2.24. The number of phenols is 1. The number of benzene rings is 2. The molecule has 2 aromatic carbocycles. The molecule has 0 atom stereocenters. The van der Waals surface area contributed by atoms with Gasteiger partial charge in [-0.25, -0.2) is 0 Å². The van der Waals surface area contributed by atoms with Crippen LogP contribution in [0.5, 0.6) is 5.75 Å². The molecule has 128 valence electrons. The summed E-state index contributed by atoms with van der Waals surface area (Å²) < 4.78 is 6.66. The summed E-state index contributed by atoms with van der Waals surface area (Å²) in [6.07, 6.45) is 3.22. The highest BCUT2D eigenvalue weighted by molar-refractivity contribution is 6.04. The lowest BCUT2D eigenvalue weighted by atomic mass is 10.1. The van der Waals surface area contributed by atoms with Crippen molar-refractivity contribution in [1.29, 1.82) is 0 Å². The average molecular weight is 337 g/mol. The van der Waals surface area contributed by atoms with Crippen LogP contribution in [0.4, 0.5) is 5.69 Å². The second kappa shape index (κ2) is 7.63. The normalized spacial score (nSPS) is 10.6. The van der Waals surface area contributed by atoms with Gasteiger partial charge in [0, 0.05) is 19.0 Å². The second-order valence-electron chi connectivity index (χ2n) is 5.57. The Morgan fingerprint density at radius 3 is 2.72 bits per heavy atom. The maximum Gasteiger partial charge on any atom is 0.258 e. The van der Waals surface area contributed by atoms with E-state index in [0.717, 1.165) is 11.1 Å². The van der Waals surface area contributed by atoms with Crippen molar-refractivity contribution in [1.82, 2.24) is 9.78 Å². The Bertz CT molecular complexity index is 856. The number of hydrogen-bond acceptors (Lipinski definition) is 4. The lowest BCUT2D eigenvalue weighted by Crippen LogP contribution is -2.11. The van der Waals surface area contributed by atoms with Crippen molar-refractivity contribution in [3.8, 4) is 16.9 Å². The Labute approximate surface area is 145 Å². The number of methoxy groups -OCH3 is 1. The number of carbonyl (C=O) groups is 1. The number of aromatic nitrogens is 2. The molecule has 0 saturated heterocycles. The number of ether oxygens (including phenoxy) is 1. The molecule has 0 radical (unpaired) electrons. The number of carbonyl (C=O) groups excluding carboxylic acids is 1. The van der Waals surface area contributed by atoms with Gasteiger partial charge in [-0.15, -0.1) is 0 Å². The van der Waals surface area contributed by atoms with Crippen molar-refractivity contribution in [2.45, 2.75) is 6.54 Å². The van der Waals surface area contributed by atoms with E-state index in [4.69, 9.17) is 4.74 Å². The van der Waals surface area contributed by atoms with Gasteiger partial charge in [0.1, 0.15) is 5.75 Å². The number of anilines is 1. The zero-order valence-corrected chi connectivity index (χ0v) is 13.8. The molecule has 3 rings (SSSR count). The first-order valence-corrected chi connectivity index (χ1v) is 7.88. The second-order valence-corrected chi connectivity index (χ2v) is 5.57. The summed E-state index contributed by atoms with van der Waals surface area (Å²) >= 11 is 0. The molecular formula is C19H19N3O3. The number of hydrogen-bond donors (Lipinski definition) is 2. The summed E-state index contributed by atoms with van der Waals surface area (Å²) in [7, 11) is 1.62. The van der Waals surface area contributed by atoms with E-state index in [9.17, 15) is 9.90 Å². The van der Waals surface area contributed by atoms with E-state index in [1.54, 1.807) is 36.2 Å². The Kier molecular flexibility index (Phi) is 5.11. The first kappa shape index (κ1) is 16.7. The molecule has 0 spiro atoms. The third-order valence-corrected chi connectivity index (χ3v) is 3.74. The smallest absolute Gasteiger partial charge is 0.258 e. The molecule has 6 heteroatoms. The van der Waals surface area contributed by atoms with Gasteiger partial charge in [0.05, 0.1) is 24.9 Å². The van der Waals surface area contributed by atoms with E-state index in [-0.39, 0.29) is 11.7 Å². The third kappa shape index (κ3) is 4.24. The molecule has 0 saturated carbocycles. The molecule has 1 heterocycles. The first-order chi connectivity index (χ1) is 12.2. The van der Waals surface area contributed by atoms with E-state index in [1.165, 1.54) is 6.20 Å². The fourth-order valence-electron chi connectivity index (χ4n) is 2.42. The van der Waals surface area contributed by atoms with Crippen molar-refractivity contribution in [2.24, 2.45) is 0 Å². The summed E-state index contributed by atoms with van der Waals surface area (Å²) in [6, 6.07) is 14.5. The summed E-state index contributed by atoms with van der Waals surface area (Å²) in [5.74, 6) is 0.00846. The van der Waals surface area contributed by atoms with Gasteiger partial charge in [0.25, 0.3) is 5.91 Å². The van der Waals surface area contributed by atoms with Crippen LogP contribution in [0, 0.1) is 0 Å². The molecule has 2 N–H and O–H groups in total. The van der Waals surface area contributed by atoms with Crippen molar-refractivity contribution in [2.75, 3.05) is 19.0 Å². The minimum Gasteiger partial charge on any atom is -0.508 e. The van der Waals surface area contributed by atoms with E-state index in [1.807, 2.05) is 30.3 Å². The van der Waals surface area contributed by atoms with Crippen molar-refractivity contribution in [3.05, 3.63) is 66.5 Å². The minimum absolute atomic E-state index is 0.214. The standard InChI is InChI=1S/C19H19N3O3/c1-25-10-9-22-13-16(12-20-22)19(24)21-17-7-5-14(6-8-17)15-3-2-4-18(23)11-15/h2-8,11-13,23H,9-10H2,1H3,(H,21,24). The molecule has 3 aromatic rings. The molecule has 0 bridgehead atoms. The van der Waals surface area contributed by atoms with Gasteiger partial charge >= 0.3 is 0 Å². The Morgan fingerprint density at radius 2 is 2.00 bits per heavy atom. The maximum absolute atomic E-state index is 12.3. The van der Waals surface area contributed by atoms with Crippen molar-refractivity contribution < 1.29 is 14.6 Å². The molecule has 25 heavy (non-hydrogen) atoms. The van der Waals surface area contributed by atoms with Gasteiger partial charge in [-0.05, 0) is 35.4 Å². The van der Waals surface area contributed by atoms with E-state index < -0.39 is 0 Å². The molecule has 1 amide bonds. The maximum atomic E-state index is 12.3. The van der Waals surface area contributed by atoms with Crippen LogP contribution >= 0.6 is 0 Å². The number of phenolic OH excluding ortho intramolecular Hbond substituents is 1. The summed E-state index contributed by atoms with van der Waals surface area (Å²) in [5, 5.41) is 16.5. The van der Waals surface area contributed by atoms with Crippen LogP contribution in [0.15, 0.2) is 60.9 Å². The number of nitrogens with one attached hydrogen (secondary N) is 1. The van der Waals surface area contributed by atoms with Gasteiger partial charge in [-0.3, -0.25) is 9.48 Å². The Hall–Kier alpha value is -3.12. The highest BCUT2D eigenvalue weighted by atomic mass is 16.5. The summed E-state index contributed by atoms with van der Waals surface area (Å²) in [6.45, 7) is 1.14. The first-order valence-electron chi connectivity index (χ1n) is 7.88. The molecule has 0 unspecified atom stereocenters. The van der Waals surface area contributed by atoms with Gasteiger partial charge in [0.2, 0.25) is 0 Å². The molecule has 1 aromatic heterocycles. The fourth-order valence-corrected chi connectivity index (χ4v) is 2.42. The number of amides is 1. The molecule has 6 nitrogen and oxygen atoms in total. The van der Waals surface area contributed by atoms with Gasteiger partial charge < -0.3 is 15.2 Å². The van der Waals surface area contributed by atoms with Gasteiger partial charge in [-0.2, -0.15) is 5.10 Å². The topological polar surface area (TPSA) is 76.4 Å². The highest BCUT2D eigenvalue weighted by Gasteiger charge is 2.09. The number of rotatable bonds is 6. The third-order valence-electron chi connectivity index (χ3n) is 3.74. The molecular weight excluding hydrogens is 318 g/mol. The SMILES string of the molecule is COCCn1cc(C(=O)Nc2ccc(-c3cccc(O)c3)cc2)cn1. The number of aromatic hydroxyl groups is 1. The fraction of sp³-hybridized carbons (Fsp3) is 0.158. The largest absolute Gasteiger partial charge is 0.508 e. The Morgan fingerprint density at radius 1 is 1.20 bits per heavy atom. The van der Waals surface area contributed by atoms with Crippen LogP contribution in [-0.4, -0.2) is 34.5 Å². The zero-order chi connectivity index (χ0) is 17.6. The van der Waals surface area contributed by atoms with Gasteiger partial charge in [-0.1, -0.05) is 24.3 Å². The quantitative estimate of drug-likeness (QED) is 0.724. The lowest BCUT2D eigenvalue weighted by molar-refractivity contribution is 0.102. The van der Waals surface area contributed by atoms with E-state index in [2.05, 4.69) is 10.4 Å². The Balaban J connectivity index is 1.66. The predicted octanol–water partition coefficient (Wildman–Crippen LogP) is 3.15. The number of nitrogens with zero attached hydrogens (tertiary/aromatic N) is 2. The van der Waals surface area contributed by atoms with E-state index >= 15 is 0 Å².